The van der Waals surface area contributed by atoms with Gasteiger partial charge in [-0.25, -0.2) is 0 Å². The van der Waals surface area contributed by atoms with E-state index < -0.39 is 0 Å². The van der Waals surface area contributed by atoms with E-state index >= 15 is 0 Å². The molecule has 0 unspecified atom stereocenters. The normalized spacial score (nSPS) is 21.9. The molecule has 19 heavy (non-hydrogen) atoms. The molecular weight excluding hydrogens is 262 g/mol. The molecular formula is C13H20ClN5. The van der Waals surface area contributed by atoms with Gasteiger partial charge in [-0.1, -0.05) is 12.8 Å². The molecule has 2 fully saturated rings. The second kappa shape index (κ2) is 5.12. The van der Waals surface area contributed by atoms with Gasteiger partial charge < -0.3 is 10.2 Å². The highest BCUT2D eigenvalue weighted by Crippen LogP contribution is 2.46. The van der Waals surface area contributed by atoms with Crippen LogP contribution in [0, 0.1) is 5.41 Å². The molecule has 1 aliphatic heterocycles. The van der Waals surface area contributed by atoms with Gasteiger partial charge in [0.25, 0.3) is 0 Å². The van der Waals surface area contributed by atoms with Gasteiger partial charge in [0.2, 0.25) is 17.2 Å². The van der Waals surface area contributed by atoms with Crippen molar-refractivity contribution in [2.24, 2.45) is 5.41 Å². The molecule has 1 aliphatic carbocycles. The fraction of sp³-hybridized carbons (Fsp3) is 0.769. The van der Waals surface area contributed by atoms with E-state index in [1.165, 1.54) is 38.5 Å². The van der Waals surface area contributed by atoms with Crippen molar-refractivity contribution < 1.29 is 0 Å². The summed E-state index contributed by atoms with van der Waals surface area (Å²) in [5.41, 5.74) is 0.610. The minimum atomic E-state index is 0.260. The van der Waals surface area contributed by atoms with Crippen LogP contribution in [0.5, 0.6) is 0 Å². The summed E-state index contributed by atoms with van der Waals surface area (Å²) >= 11 is 5.94. The van der Waals surface area contributed by atoms with Crippen LogP contribution in [0.15, 0.2) is 0 Å². The van der Waals surface area contributed by atoms with Gasteiger partial charge in [-0.05, 0) is 42.7 Å². The Hall–Kier alpha value is -1.10. The van der Waals surface area contributed by atoms with Gasteiger partial charge in [0.05, 0.1) is 0 Å². The molecule has 1 aromatic heterocycles. The lowest BCUT2D eigenvalue weighted by Crippen LogP contribution is -2.39. The first-order valence-electron chi connectivity index (χ1n) is 7.05. The van der Waals surface area contributed by atoms with Gasteiger partial charge in [0, 0.05) is 20.1 Å². The van der Waals surface area contributed by atoms with Crippen LogP contribution in [-0.4, -0.2) is 35.1 Å². The van der Waals surface area contributed by atoms with Crippen LogP contribution in [0.4, 0.5) is 11.9 Å². The van der Waals surface area contributed by atoms with E-state index in [9.17, 15) is 0 Å². The van der Waals surface area contributed by atoms with E-state index in [1.54, 1.807) is 7.05 Å². The zero-order valence-corrected chi connectivity index (χ0v) is 12.1. The molecule has 104 valence electrons. The summed E-state index contributed by atoms with van der Waals surface area (Å²) < 4.78 is 0. The maximum atomic E-state index is 5.94. The number of hydrogen-bond acceptors (Lipinski definition) is 5. The topological polar surface area (TPSA) is 53.9 Å². The van der Waals surface area contributed by atoms with Crippen molar-refractivity contribution in [3.05, 3.63) is 5.28 Å². The predicted octanol–water partition coefficient (Wildman–Crippen LogP) is 2.73. The molecule has 1 saturated carbocycles. The molecule has 0 bridgehead atoms. The highest BCUT2D eigenvalue weighted by Gasteiger charge is 2.37. The summed E-state index contributed by atoms with van der Waals surface area (Å²) in [4.78, 5) is 14.9. The second-order valence-corrected chi connectivity index (χ2v) is 6.01. The second-order valence-electron chi connectivity index (χ2n) is 5.67. The van der Waals surface area contributed by atoms with E-state index in [4.69, 9.17) is 11.6 Å². The Labute approximate surface area is 118 Å². The number of hydrogen-bond donors (Lipinski definition) is 1. The number of piperidine rings is 1. The maximum absolute atomic E-state index is 5.94. The molecule has 1 spiro atoms. The zero-order valence-electron chi connectivity index (χ0n) is 11.3. The lowest BCUT2D eigenvalue weighted by Gasteiger charge is -2.39. The summed E-state index contributed by atoms with van der Waals surface area (Å²) in [6, 6.07) is 0. The van der Waals surface area contributed by atoms with Crippen molar-refractivity contribution in [2.75, 3.05) is 30.4 Å². The Morgan fingerprint density at radius 3 is 2.37 bits per heavy atom. The van der Waals surface area contributed by atoms with Gasteiger partial charge in [-0.3, -0.25) is 0 Å². The van der Waals surface area contributed by atoms with E-state index in [-0.39, 0.29) is 5.28 Å². The first kappa shape index (κ1) is 12.9. The molecule has 6 heteroatoms. The molecule has 3 rings (SSSR count). The molecule has 0 aromatic carbocycles. The van der Waals surface area contributed by atoms with Gasteiger partial charge in [0.1, 0.15) is 0 Å². The Balaban J connectivity index is 1.72. The Bertz CT molecular complexity index is 448. The van der Waals surface area contributed by atoms with Crippen molar-refractivity contribution >= 4 is 23.5 Å². The van der Waals surface area contributed by atoms with E-state index in [2.05, 4.69) is 25.2 Å². The van der Waals surface area contributed by atoms with Crippen LogP contribution >= 0.6 is 11.6 Å². The van der Waals surface area contributed by atoms with Crippen LogP contribution in [0.3, 0.4) is 0 Å². The largest absolute Gasteiger partial charge is 0.357 e. The molecule has 0 amide bonds. The zero-order chi connectivity index (χ0) is 13.3. The minimum Gasteiger partial charge on any atom is -0.357 e. The lowest BCUT2D eigenvalue weighted by molar-refractivity contribution is 0.225. The van der Waals surface area contributed by atoms with Crippen molar-refractivity contribution in [1.82, 2.24) is 15.0 Å². The first-order chi connectivity index (χ1) is 9.21. The average molecular weight is 282 g/mol. The van der Waals surface area contributed by atoms with Crippen LogP contribution in [0.1, 0.15) is 38.5 Å². The summed E-state index contributed by atoms with van der Waals surface area (Å²) in [6.45, 7) is 2.06. The molecule has 2 heterocycles. The highest BCUT2D eigenvalue weighted by molar-refractivity contribution is 6.28. The molecule has 1 N–H and O–H groups in total. The third kappa shape index (κ3) is 2.61. The smallest absolute Gasteiger partial charge is 0.231 e. The van der Waals surface area contributed by atoms with Crippen molar-refractivity contribution in [2.45, 2.75) is 38.5 Å². The number of aromatic nitrogens is 3. The Morgan fingerprint density at radius 2 is 1.74 bits per heavy atom. The van der Waals surface area contributed by atoms with Gasteiger partial charge >= 0.3 is 0 Å². The number of nitrogens with zero attached hydrogens (tertiary/aromatic N) is 4. The molecule has 0 radical (unpaired) electrons. The SMILES string of the molecule is CNc1nc(Cl)nc(N2CCC3(CCCC3)CC2)n1. The first-order valence-corrected chi connectivity index (χ1v) is 7.43. The van der Waals surface area contributed by atoms with Crippen LogP contribution in [0.2, 0.25) is 5.28 Å². The number of anilines is 2. The minimum absolute atomic E-state index is 0.260. The Kier molecular flexibility index (Phi) is 3.48. The highest BCUT2D eigenvalue weighted by atomic mass is 35.5. The standard InChI is InChI=1S/C13H20ClN5/c1-15-11-16-10(14)17-12(18-11)19-8-6-13(7-9-19)4-2-3-5-13/h2-9H2,1H3,(H,15,16,17,18). The van der Waals surface area contributed by atoms with Crippen LogP contribution in [-0.2, 0) is 0 Å². The molecule has 1 saturated heterocycles. The van der Waals surface area contributed by atoms with E-state index in [1.807, 2.05) is 0 Å². The number of rotatable bonds is 2. The van der Waals surface area contributed by atoms with Gasteiger partial charge in [0.15, 0.2) is 0 Å². The van der Waals surface area contributed by atoms with Gasteiger partial charge in [-0.2, -0.15) is 15.0 Å². The maximum Gasteiger partial charge on any atom is 0.231 e. The summed E-state index contributed by atoms with van der Waals surface area (Å²) in [6.07, 6.45) is 8.13. The van der Waals surface area contributed by atoms with Crippen molar-refractivity contribution in [3.63, 3.8) is 0 Å². The van der Waals surface area contributed by atoms with Crippen LogP contribution in [0.25, 0.3) is 0 Å². The van der Waals surface area contributed by atoms with Gasteiger partial charge in [-0.15, -0.1) is 0 Å². The van der Waals surface area contributed by atoms with Crippen molar-refractivity contribution in [3.8, 4) is 0 Å². The average Bonchev–Trinajstić information content (AvgIpc) is 2.87. The number of halogens is 1. The fourth-order valence-electron chi connectivity index (χ4n) is 3.40. The fourth-order valence-corrected chi connectivity index (χ4v) is 3.55. The van der Waals surface area contributed by atoms with E-state index in [0.29, 0.717) is 17.3 Å². The monoisotopic (exact) mass is 281 g/mol. The Morgan fingerprint density at radius 1 is 1.05 bits per heavy atom. The lowest BCUT2D eigenvalue weighted by atomic mass is 9.77. The summed E-state index contributed by atoms with van der Waals surface area (Å²) in [5, 5.41) is 3.18. The van der Waals surface area contributed by atoms with Crippen molar-refractivity contribution in [1.29, 1.82) is 0 Å². The molecule has 1 aromatic rings. The molecule has 0 atom stereocenters. The molecule has 2 aliphatic rings. The quantitative estimate of drug-likeness (QED) is 0.903. The third-order valence-electron chi connectivity index (χ3n) is 4.59. The third-order valence-corrected chi connectivity index (χ3v) is 4.76. The predicted molar refractivity (Wildman–Crippen MR) is 76.7 cm³/mol. The van der Waals surface area contributed by atoms with E-state index in [0.717, 1.165) is 13.1 Å². The van der Waals surface area contributed by atoms with Crippen LogP contribution < -0.4 is 10.2 Å². The summed E-state index contributed by atoms with van der Waals surface area (Å²) in [5.74, 6) is 1.24. The molecule has 5 nitrogen and oxygen atoms in total. The number of nitrogens with one attached hydrogen (secondary N) is 1. The summed E-state index contributed by atoms with van der Waals surface area (Å²) in [7, 11) is 1.79.